The molecule has 140 valence electrons. The SMILES string of the molecule is CCC[C@H]1[C@H]2C(=O)N(c3ccc(CC)cc3)C(=O)[C@@H]2ON1c1ccccc1. The molecule has 0 aromatic heterocycles. The number of rotatable bonds is 5. The standard InChI is InChI=1S/C22H24N2O3/c1-3-8-18-19-20(27-24(18)17-9-6-5-7-10-17)22(26)23(21(19)25)16-13-11-15(4-2)12-14-16/h5-7,9-14,18-20H,3-4,8H2,1-2H3/t18-,19+,20+/m0/s1. The maximum atomic E-state index is 13.2. The van der Waals surface area contributed by atoms with Crippen molar-refractivity contribution >= 4 is 23.2 Å². The predicted octanol–water partition coefficient (Wildman–Crippen LogP) is 3.73. The summed E-state index contributed by atoms with van der Waals surface area (Å²) in [5.74, 6) is -0.900. The van der Waals surface area contributed by atoms with Crippen LogP contribution in [0.25, 0.3) is 0 Å². The molecule has 0 unspecified atom stereocenters. The minimum absolute atomic E-state index is 0.140. The third-order valence-electron chi connectivity index (χ3n) is 5.44. The molecule has 2 aliphatic rings. The number of carbonyl (C=O) groups is 2. The minimum atomic E-state index is -0.750. The molecule has 0 aliphatic carbocycles. The van der Waals surface area contributed by atoms with Crippen molar-refractivity contribution in [3.05, 3.63) is 60.2 Å². The molecule has 4 rings (SSSR count). The smallest absolute Gasteiger partial charge is 0.266 e. The molecule has 2 amide bonds. The van der Waals surface area contributed by atoms with Crippen LogP contribution in [-0.2, 0) is 20.8 Å². The summed E-state index contributed by atoms with van der Waals surface area (Å²) in [6.45, 7) is 4.16. The Morgan fingerprint density at radius 3 is 2.22 bits per heavy atom. The van der Waals surface area contributed by atoms with Gasteiger partial charge in [-0.15, -0.1) is 0 Å². The molecule has 2 aromatic carbocycles. The number of benzene rings is 2. The first-order valence-corrected chi connectivity index (χ1v) is 9.63. The zero-order valence-electron chi connectivity index (χ0n) is 15.7. The Labute approximate surface area is 159 Å². The summed E-state index contributed by atoms with van der Waals surface area (Å²) >= 11 is 0. The van der Waals surface area contributed by atoms with Crippen LogP contribution < -0.4 is 9.96 Å². The molecule has 2 saturated heterocycles. The van der Waals surface area contributed by atoms with Gasteiger partial charge in [0.2, 0.25) is 5.91 Å². The quantitative estimate of drug-likeness (QED) is 0.759. The lowest BCUT2D eigenvalue weighted by Gasteiger charge is -2.28. The molecule has 0 radical (unpaired) electrons. The van der Waals surface area contributed by atoms with Gasteiger partial charge >= 0.3 is 0 Å². The Morgan fingerprint density at radius 1 is 0.889 bits per heavy atom. The molecule has 2 heterocycles. The Bertz CT molecular complexity index is 834. The molecule has 0 saturated carbocycles. The highest BCUT2D eigenvalue weighted by Crippen LogP contribution is 2.41. The summed E-state index contributed by atoms with van der Waals surface area (Å²) in [4.78, 5) is 33.6. The Kier molecular flexibility index (Phi) is 4.70. The van der Waals surface area contributed by atoms with Crippen LogP contribution in [-0.4, -0.2) is 24.0 Å². The zero-order chi connectivity index (χ0) is 19.0. The van der Waals surface area contributed by atoms with Crippen LogP contribution in [0.2, 0.25) is 0 Å². The normalized spacial score (nSPS) is 24.6. The molecule has 2 aromatic rings. The maximum Gasteiger partial charge on any atom is 0.266 e. The molecule has 5 heteroatoms. The molecular weight excluding hydrogens is 340 g/mol. The first-order chi connectivity index (χ1) is 13.2. The minimum Gasteiger partial charge on any atom is -0.273 e. The van der Waals surface area contributed by atoms with Gasteiger partial charge in [-0.2, -0.15) is 0 Å². The molecule has 0 spiro atoms. The average molecular weight is 364 g/mol. The van der Waals surface area contributed by atoms with Crippen molar-refractivity contribution in [1.82, 2.24) is 0 Å². The van der Waals surface area contributed by atoms with Gasteiger partial charge in [0.25, 0.3) is 5.91 Å². The molecule has 2 fully saturated rings. The zero-order valence-corrected chi connectivity index (χ0v) is 15.7. The number of hydrogen-bond donors (Lipinski definition) is 0. The van der Waals surface area contributed by atoms with Gasteiger partial charge in [-0.05, 0) is 42.7 Å². The van der Waals surface area contributed by atoms with Gasteiger partial charge < -0.3 is 0 Å². The number of aryl methyl sites for hydroxylation is 1. The van der Waals surface area contributed by atoms with Crippen molar-refractivity contribution < 1.29 is 14.4 Å². The van der Waals surface area contributed by atoms with Crippen LogP contribution in [0.15, 0.2) is 54.6 Å². The van der Waals surface area contributed by atoms with E-state index in [2.05, 4.69) is 13.8 Å². The number of hydroxylamine groups is 1. The number of para-hydroxylation sites is 1. The van der Waals surface area contributed by atoms with Gasteiger partial charge in [0, 0.05) is 0 Å². The van der Waals surface area contributed by atoms with E-state index < -0.39 is 12.0 Å². The van der Waals surface area contributed by atoms with E-state index in [1.807, 2.05) is 54.6 Å². The maximum absolute atomic E-state index is 13.2. The van der Waals surface area contributed by atoms with Crippen LogP contribution in [0.3, 0.4) is 0 Å². The lowest BCUT2D eigenvalue weighted by molar-refractivity contribution is -0.126. The second-order valence-electron chi connectivity index (χ2n) is 7.10. The van der Waals surface area contributed by atoms with E-state index >= 15 is 0 Å². The van der Waals surface area contributed by atoms with Gasteiger partial charge in [-0.25, -0.2) is 9.96 Å². The number of carbonyl (C=O) groups excluding carboxylic acids is 2. The second-order valence-corrected chi connectivity index (χ2v) is 7.10. The fraction of sp³-hybridized carbons (Fsp3) is 0.364. The average Bonchev–Trinajstić information content (AvgIpc) is 3.19. The molecule has 27 heavy (non-hydrogen) atoms. The van der Waals surface area contributed by atoms with E-state index in [0.29, 0.717) is 5.69 Å². The van der Waals surface area contributed by atoms with Crippen molar-refractivity contribution in [3.63, 3.8) is 0 Å². The van der Waals surface area contributed by atoms with Crippen LogP contribution in [0.1, 0.15) is 32.3 Å². The highest BCUT2D eigenvalue weighted by molar-refractivity contribution is 6.23. The fourth-order valence-corrected chi connectivity index (χ4v) is 4.05. The third-order valence-corrected chi connectivity index (χ3v) is 5.44. The van der Waals surface area contributed by atoms with Gasteiger partial charge in [-0.1, -0.05) is 50.6 Å². The first kappa shape index (κ1) is 17.7. The number of nitrogens with zero attached hydrogens (tertiary/aromatic N) is 2. The Balaban J connectivity index is 1.65. The number of anilines is 2. The van der Waals surface area contributed by atoms with Gasteiger partial charge in [-0.3, -0.25) is 14.4 Å². The second kappa shape index (κ2) is 7.16. The highest BCUT2D eigenvalue weighted by atomic mass is 16.7. The highest BCUT2D eigenvalue weighted by Gasteiger charge is 2.59. The van der Waals surface area contributed by atoms with E-state index in [-0.39, 0.29) is 17.9 Å². The van der Waals surface area contributed by atoms with Gasteiger partial charge in [0.15, 0.2) is 6.10 Å². The summed E-state index contributed by atoms with van der Waals surface area (Å²) in [6.07, 6.45) is 1.87. The van der Waals surface area contributed by atoms with Crippen LogP contribution in [0.5, 0.6) is 0 Å². The van der Waals surface area contributed by atoms with Crippen LogP contribution in [0, 0.1) is 5.92 Å². The molecule has 3 atom stereocenters. The summed E-state index contributed by atoms with van der Waals surface area (Å²) in [7, 11) is 0. The molecule has 0 N–H and O–H groups in total. The van der Waals surface area contributed by atoms with Gasteiger partial charge in [0.1, 0.15) is 0 Å². The predicted molar refractivity (Wildman–Crippen MR) is 104 cm³/mol. The van der Waals surface area contributed by atoms with E-state index in [1.54, 1.807) is 5.06 Å². The largest absolute Gasteiger partial charge is 0.273 e. The van der Waals surface area contributed by atoms with E-state index in [0.717, 1.165) is 24.9 Å². The van der Waals surface area contributed by atoms with Gasteiger partial charge in [0.05, 0.1) is 23.3 Å². The van der Waals surface area contributed by atoms with Crippen LogP contribution in [0.4, 0.5) is 11.4 Å². The lowest BCUT2D eigenvalue weighted by atomic mass is 9.93. The molecule has 5 nitrogen and oxygen atoms in total. The van der Waals surface area contributed by atoms with E-state index in [1.165, 1.54) is 10.5 Å². The lowest BCUT2D eigenvalue weighted by Crippen LogP contribution is -2.40. The van der Waals surface area contributed by atoms with E-state index in [9.17, 15) is 9.59 Å². The fourth-order valence-electron chi connectivity index (χ4n) is 4.05. The molecule has 0 bridgehead atoms. The first-order valence-electron chi connectivity index (χ1n) is 9.63. The van der Waals surface area contributed by atoms with Crippen LogP contribution >= 0.6 is 0 Å². The molecule has 2 aliphatic heterocycles. The van der Waals surface area contributed by atoms with Crippen molar-refractivity contribution in [1.29, 1.82) is 0 Å². The number of amides is 2. The molecular formula is C22H24N2O3. The van der Waals surface area contributed by atoms with Crippen molar-refractivity contribution in [2.24, 2.45) is 5.92 Å². The number of imide groups is 1. The monoisotopic (exact) mass is 364 g/mol. The topological polar surface area (TPSA) is 49.9 Å². The van der Waals surface area contributed by atoms with Crippen molar-refractivity contribution in [3.8, 4) is 0 Å². The van der Waals surface area contributed by atoms with E-state index in [4.69, 9.17) is 4.84 Å². The number of fused-ring (bicyclic) bond motifs is 1. The summed E-state index contributed by atoms with van der Waals surface area (Å²) in [6, 6.07) is 17.2. The summed E-state index contributed by atoms with van der Waals surface area (Å²) < 4.78 is 0. The third kappa shape index (κ3) is 2.92. The van der Waals surface area contributed by atoms with Crippen molar-refractivity contribution in [2.75, 3.05) is 9.96 Å². The Hall–Kier alpha value is -2.66. The summed E-state index contributed by atoms with van der Waals surface area (Å²) in [5.41, 5.74) is 2.68. The van der Waals surface area contributed by atoms with Crippen molar-refractivity contribution in [2.45, 2.75) is 45.3 Å². The summed E-state index contributed by atoms with van der Waals surface area (Å²) in [5, 5.41) is 1.77. The number of hydrogen-bond acceptors (Lipinski definition) is 4. The Morgan fingerprint density at radius 2 is 1.59 bits per heavy atom.